The van der Waals surface area contributed by atoms with Gasteiger partial charge in [-0.3, -0.25) is 4.99 Å². The number of methoxy groups -OCH3 is 1. The Morgan fingerprint density at radius 2 is 1.76 bits per heavy atom. The normalized spacial score (nSPS) is 25.1. The fourth-order valence-corrected chi connectivity index (χ4v) is 2.65. The first kappa shape index (κ1) is 12.2. The molecule has 0 spiro atoms. The van der Waals surface area contributed by atoms with Crippen molar-refractivity contribution in [2.24, 2.45) is 4.99 Å². The van der Waals surface area contributed by atoms with Crippen LogP contribution in [0.25, 0.3) is 0 Å². The number of aliphatic imine (C=N–C) groups is 1. The monoisotopic (exact) mass is 231 g/mol. The first-order valence-electron chi connectivity index (χ1n) is 6.45. The van der Waals surface area contributed by atoms with Crippen LogP contribution in [0.2, 0.25) is 0 Å². The topological polar surface area (TPSA) is 21.6 Å². The lowest BCUT2D eigenvalue weighted by Crippen LogP contribution is -2.16. The van der Waals surface area contributed by atoms with E-state index < -0.39 is 0 Å². The van der Waals surface area contributed by atoms with Gasteiger partial charge in [-0.15, -0.1) is 0 Å². The van der Waals surface area contributed by atoms with E-state index in [0.717, 1.165) is 5.75 Å². The lowest BCUT2D eigenvalue weighted by atomic mass is 9.82. The summed E-state index contributed by atoms with van der Waals surface area (Å²) in [7, 11) is 1.71. The van der Waals surface area contributed by atoms with Crippen LogP contribution in [-0.2, 0) is 0 Å². The molecule has 2 nitrogen and oxygen atoms in total. The van der Waals surface area contributed by atoms with Crippen molar-refractivity contribution in [3.63, 3.8) is 0 Å². The number of ether oxygens (including phenoxy) is 1. The van der Waals surface area contributed by atoms with E-state index in [4.69, 9.17) is 4.74 Å². The first-order valence-corrected chi connectivity index (χ1v) is 6.45. The van der Waals surface area contributed by atoms with Gasteiger partial charge >= 0.3 is 0 Å². The molecule has 0 heterocycles. The molecule has 1 saturated carbocycles. The van der Waals surface area contributed by atoms with Crippen LogP contribution in [0.5, 0.6) is 5.75 Å². The van der Waals surface area contributed by atoms with E-state index in [2.05, 4.69) is 29.3 Å². The van der Waals surface area contributed by atoms with Gasteiger partial charge in [-0.25, -0.2) is 0 Å². The zero-order chi connectivity index (χ0) is 12.1. The fraction of sp³-hybridized carbons (Fsp3) is 0.533. The molecule has 17 heavy (non-hydrogen) atoms. The molecule has 0 unspecified atom stereocenters. The van der Waals surface area contributed by atoms with Gasteiger partial charge in [-0.1, -0.05) is 12.1 Å². The molecule has 1 aromatic rings. The van der Waals surface area contributed by atoms with Gasteiger partial charge in [-0.05, 0) is 62.4 Å². The van der Waals surface area contributed by atoms with E-state index in [-0.39, 0.29) is 0 Å². The maximum Gasteiger partial charge on any atom is 0.118 e. The Bertz CT molecular complexity index is 361. The lowest BCUT2D eigenvalue weighted by Gasteiger charge is -2.26. The van der Waals surface area contributed by atoms with Crippen LogP contribution >= 0.6 is 0 Å². The van der Waals surface area contributed by atoms with Gasteiger partial charge in [0.2, 0.25) is 0 Å². The van der Waals surface area contributed by atoms with E-state index >= 15 is 0 Å². The summed E-state index contributed by atoms with van der Waals surface area (Å²) in [6.45, 7) is 2.01. The van der Waals surface area contributed by atoms with Crippen molar-refractivity contribution in [2.45, 2.75) is 44.6 Å². The highest BCUT2D eigenvalue weighted by Crippen LogP contribution is 2.34. The zero-order valence-electron chi connectivity index (χ0n) is 10.7. The number of benzene rings is 1. The quantitative estimate of drug-likeness (QED) is 0.725. The Kier molecular flexibility index (Phi) is 4.18. The highest BCUT2D eigenvalue weighted by atomic mass is 16.5. The van der Waals surface area contributed by atoms with Gasteiger partial charge in [0, 0.05) is 6.04 Å². The molecule has 0 aromatic heterocycles. The van der Waals surface area contributed by atoms with E-state index in [1.165, 1.54) is 31.2 Å². The molecule has 0 saturated heterocycles. The minimum absolute atomic E-state index is 0.564. The molecule has 0 N–H and O–H groups in total. The summed E-state index contributed by atoms with van der Waals surface area (Å²) in [5.41, 5.74) is 1.45. The SMILES string of the molecule is CC=NC1CCC(c2ccc(OC)cc2)CC1. The standard InChI is InChI=1S/C15H21NO/c1-3-16-14-8-4-12(5-9-14)13-6-10-15(17-2)11-7-13/h3,6-7,10-12,14H,4-5,8-9H2,1-2H3. The number of nitrogens with zero attached hydrogens (tertiary/aromatic N) is 1. The van der Waals surface area contributed by atoms with Gasteiger partial charge in [-0.2, -0.15) is 0 Å². The predicted molar refractivity (Wildman–Crippen MR) is 72.2 cm³/mol. The Labute approximate surface area is 104 Å². The van der Waals surface area contributed by atoms with E-state index in [1.807, 2.05) is 13.1 Å². The van der Waals surface area contributed by atoms with Crippen molar-refractivity contribution in [1.82, 2.24) is 0 Å². The van der Waals surface area contributed by atoms with Crippen LogP contribution in [0.15, 0.2) is 29.3 Å². The number of rotatable bonds is 3. The van der Waals surface area contributed by atoms with Crippen molar-refractivity contribution >= 4 is 6.21 Å². The van der Waals surface area contributed by atoms with Gasteiger partial charge < -0.3 is 4.74 Å². The molecule has 1 aliphatic rings. The molecule has 1 aromatic carbocycles. The number of hydrogen-bond donors (Lipinski definition) is 0. The molecule has 0 atom stereocenters. The maximum atomic E-state index is 5.19. The largest absolute Gasteiger partial charge is 0.497 e. The first-order chi connectivity index (χ1) is 8.33. The summed E-state index contributed by atoms with van der Waals surface area (Å²) in [5.74, 6) is 1.65. The Hall–Kier alpha value is -1.31. The molecule has 92 valence electrons. The van der Waals surface area contributed by atoms with Gasteiger partial charge in [0.05, 0.1) is 7.11 Å². The Balaban J connectivity index is 1.95. The number of hydrogen-bond acceptors (Lipinski definition) is 2. The van der Waals surface area contributed by atoms with Crippen molar-refractivity contribution in [1.29, 1.82) is 0 Å². The predicted octanol–water partition coefficient (Wildman–Crippen LogP) is 3.81. The molecule has 0 amide bonds. The highest BCUT2D eigenvalue weighted by molar-refractivity contribution is 5.53. The third-order valence-electron chi connectivity index (χ3n) is 3.64. The van der Waals surface area contributed by atoms with Crippen LogP contribution in [-0.4, -0.2) is 19.4 Å². The van der Waals surface area contributed by atoms with E-state index in [1.54, 1.807) is 7.11 Å². The van der Waals surface area contributed by atoms with Crippen LogP contribution in [0.4, 0.5) is 0 Å². The highest BCUT2D eigenvalue weighted by Gasteiger charge is 2.21. The summed E-state index contributed by atoms with van der Waals surface area (Å²) in [6, 6.07) is 9.09. The molecular weight excluding hydrogens is 210 g/mol. The summed E-state index contributed by atoms with van der Waals surface area (Å²) in [4.78, 5) is 4.49. The molecule has 0 radical (unpaired) electrons. The van der Waals surface area contributed by atoms with Crippen LogP contribution in [0.1, 0.15) is 44.1 Å². The maximum absolute atomic E-state index is 5.19. The molecule has 0 bridgehead atoms. The second-order valence-corrected chi connectivity index (χ2v) is 4.69. The Morgan fingerprint density at radius 3 is 2.29 bits per heavy atom. The van der Waals surface area contributed by atoms with Crippen molar-refractivity contribution in [3.8, 4) is 5.75 Å². The van der Waals surface area contributed by atoms with E-state index in [9.17, 15) is 0 Å². The second-order valence-electron chi connectivity index (χ2n) is 4.69. The van der Waals surface area contributed by atoms with Crippen molar-refractivity contribution < 1.29 is 4.74 Å². The average Bonchev–Trinajstić information content (AvgIpc) is 2.40. The molecule has 2 heteroatoms. The van der Waals surface area contributed by atoms with Crippen molar-refractivity contribution in [2.75, 3.05) is 7.11 Å². The van der Waals surface area contributed by atoms with Gasteiger partial charge in [0.25, 0.3) is 0 Å². The zero-order valence-corrected chi connectivity index (χ0v) is 10.7. The second kappa shape index (κ2) is 5.85. The van der Waals surface area contributed by atoms with Crippen LogP contribution in [0, 0.1) is 0 Å². The van der Waals surface area contributed by atoms with Gasteiger partial charge in [0.15, 0.2) is 0 Å². The fourth-order valence-electron chi connectivity index (χ4n) is 2.65. The third-order valence-corrected chi connectivity index (χ3v) is 3.64. The molecule has 1 aliphatic carbocycles. The molecule has 2 rings (SSSR count). The lowest BCUT2D eigenvalue weighted by molar-refractivity contribution is 0.396. The van der Waals surface area contributed by atoms with E-state index in [0.29, 0.717) is 12.0 Å². The molecule has 1 fully saturated rings. The Morgan fingerprint density at radius 1 is 1.12 bits per heavy atom. The van der Waals surface area contributed by atoms with Crippen molar-refractivity contribution in [3.05, 3.63) is 29.8 Å². The average molecular weight is 231 g/mol. The molecular formula is C15H21NO. The minimum Gasteiger partial charge on any atom is -0.497 e. The molecule has 0 aliphatic heterocycles. The van der Waals surface area contributed by atoms with Crippen LogP contribution < -0.4 is 4.74 Å². The summed E-state index contributed by atoms with van der Waals surface area (Å²) in [6.07, 6.45) is 6.91. The smallest absolute Gasteiger partial charge is 0.118 e. The summed E-state index contributed by atoms with van der Waals surface area (Å²) in [5, 5.41) is 0. The third kappa shape index (κ3) is 3.09. The minimum atomic E-state index is 0.564. The van der Waals surface area contributed by atoms with Gasteiger partial charge in [0.1, 0.15) is 5.75 Å². The summed E-state index contributed by atoms with van der Waals surface area (Å²) < 4.78 is 5.19. The summed E-state index contributed by atoms with van der Waals surface area (Å²) >= 11 is 0. The van der Waals surface area contributed by atoms with Crippen LogP contribution in [0.3, 0.4) is 0 Å².